The summed E-state index contributed by atoms with van der Waals surface area (Å²) in [6.07, 6.45) is 3.53. The van der Waals surface area contributed by atoms with Gasteiger partial charge in [-0.2, -0.15) is 0 Å². The summed E-state index contributed by atoms with van der Waals surface area (Å²) >= 11 is 0. The number of ether oxygens (including phenoxy) is 1. The SMILES string of the molecule is c1cncc(COC2=NCCN2)c1. The van der Waals surface area contributed by atoms with E-state index in [1.165, 1.54) is 0 Å². The standard InChI is InChI=1S/C9H11N3O/c1-2-8(6-10-3-1)7-13-9-11-4-5-12-9/h1-3,6H,4-5,7H2,(H,11,12). The highest BCUT2D eigenvalue weighted by atomic mass is 16.5. The summed E-state index contributed by atoms with van der Waals surface area (Å²) in [6.45, 7) is 2.21. The minimum atomic E-state index is 0.527. The summed E-state index contributed by atoms with van der Waals surface area (Å²) in [7, 11) is 0. The fourth-order valence-electron chi connectivity index (χ4n) is 1.11. The van der Waals surface area contributed by atoms with E-state index < -0.39 is 0 Å². The lowest BCUT2D eigenvalue weighted by Crippen LogP contribution is -2.21. The summed E-state index contributed by atoms with van der Waals surface area (Å²) in [5.74, 6) is 0. The number of rotatable bonds is 2. The molecular weight excluding hydrogens is 166 g/mol. The summed E-state index contributed by atoms with van der Waals surface area (Å²) < 4.78 is 5.39. The Labute approximate surface area is 76.7 Å². The average Bonchev–Trinajstić information content (AvgIpc) is 2.69. The van der Waals surface area contributed by atoms with Gasteiger partial charge in [-0.25, -0.2) is 4.99 Å². The van der Waals surface area contributed by atoms with Crippen LogP contribution in [0.5, 0.6) is 0 Å². The first-order chi connectivity index (χ1) is 6.45. The third-order valence-corrected chi connectivity index (χ3v) is 1.74. The second-order valence-corrected chi connectivity index (χ2v) is 2.76. The van der Waals surface area contributed by atoms with Crippen LogP contribution in [0.4, 0.5) is 0 Å². The zero-order chi connectivity index (χ0) is 8.93. The van der Waals surface area contributed by atoms with Gasteiger partial charge in [-0.1, -0.05) is 6.07 Å². The van der Waals surface area contributed by atoms with Crippen molar-refractivity contribution in [3.05, 3.63) is 30.1 Å². The summed E-state index contributed by atoms with van der Waals surface area (Å²) in [5.41, 5.74) is 1.05. The maximum Gasteiger partial charge on any atom is 0.285 e. The number of hydrogen-bond donors (Lipinski definition) is 1. The smallest absolute Gasteiger partial charge is 0.285 e. The molecular formula is C9H11N3O. The van der Waals surface area contributed by atoms with Crippen LogP contribution in [-0.2, 0) is 11.3 Å². The molecule has 0 aliphatic carbocycles. The lowest BCUT2D eigenvalue weighted by Gasteiger charge is -2.04. The third kappa shape index (κ3) is 2.18. The topological polar surface area (TPSA) is 46.5 Å². The summed E-state index contributed by atoms with van der Waals surface area (Å²) in [6, 6.07) is 4.51. The van der Waals surface area contributed by atoms with Crippen LogP contribution < -0.4 is 5.32 Å². The number of aliphatic imine (C=N–C) groups is 1. The highest BCUT2D eigenvalue weighted by Gasteiger charge is 2.05. The van der Waals surface area contributed by atoms with Crippen molar-refractivity contribution in [3.63, 3.8) is 0 Å². The lowest BCUT2D eigenvalue weighted by atomic mass is 10.3. The van der Waals surface area contributed by atoms with E-state index in [9.17, 15) is 0 Å². The molecule has 2 rings (SSSR count). The predicted octanol–water partition coefficient (Wildman–Crippen LogP) is 0.557. The van der Waals surface area contributed by atoms with Crippen molar-refractivity contribution in [1.82, 2.24) is 10.3 Å². The molecule has 0 radical (unpaired) electrons. The first-order valence-corrected chi connectivity index (χ1v) is 4.25. The van der Waals surface area contributed by atoms with Crippen LogP contribution in [-0.4, -0.2) is 24.1 Å². The number of nitrogens with one attached hydrogen (secondary N) is 1. The molecule has 4 nitrogen and oxygen atoms in total. The molecule has 1 aliphatic rings. The Morgan fingerprint density at radius 3 is 3.23 bits per heavy atom. The molecule has 1 aromatic rings. The Morgan fingerprint density at radius 1 is 1.54 bits per heavy atom. The number of hydrogen-bond acceptors (Lipinski definition) is 4. The average molecular weight is 177 g/mol. The van der Waals surface area contributed by atoms with E-state index >= 15 is 0 Å². The molecule has 1 N–H and O–H groups in total. The summed E-state index contributed by atoms with van der Waals surface area (Å²) in [5, 5.41) is 3.03. The van der Waals surface area contributed by atoms with Gasteiger partial charge < -0.3 is 10.1 Å². The van der Waals surface area contributed by atoms with Gasteiger partial charge in [-0.05, 0) is 6.07 Å². The molecule has 13 heavy (non-hydrogen) atoms. The van der Waals surface area contributed by atoms with Gasteiger partial charge in [0.1, 0.15) is 6.61 Å². The van der Waals surface area contributed by atoms with E-state index in [1.54, 1.807) is 12.4 Å². The molecule has 0 atom stereocenters. The molecule has 0 saturated heterocycles. The molecule has 68 valence electrons. The van der Waals surface area contributed by atoms with E-state index in [-0.39, 0.29) is 0 Å². The third-order valence-electron chi connectivity index (χ3n) is 1.74. The number of amidine groups is 1. The number of nitrogens with zero attached hydrogens (tertiary/aromatic N) is 2. The van der Waals surface area contributed by atoms with Crippen LogP contribution >= 0.6 is 0 Å². The van der Waals surface area contributed by atoms with Crippen LogP contribution in [0, 0.1) is 0 Å². The second-order valence-electron chi connectivity index (χ2n) is 2.76. The molecule has 0 saturated carbocycles. The van der Waals surface area contributed by atoms with Crippen molar-refractivity contribution in [2.45, 2.75) is 6.61 Å². The van der Waals surface area contributed by atoms with Gasteiger partial charge >= 0.3 is 0 Å². The molecule has 0 spiro atoms. The highest BCUT2D eigenvalue weighted by molar-refractivity contribution is 5.75. The number of aromatic nitrogens is 1. The van der Waals surface area contributed by atoms with Gasteiger partial charge in [-0.15, -0.1) is 0 Å². The molecule has 1 aliphatic heterocycles. The van der Waals surface area contributed by atoms with Gasteiger partial charge in [0.2, 0.25) is 0 Å². The zero-order valence-electron chi connectivity index (χ0n) is 7.23. The first kappa shape index (κ1) is 8.04. The van der Waals surface area contributed by atoms with Crippen molar-refractivity contribution in [3.8, 4) is 0 Å². The van der Waals surface area contributed by atoms with Crippen LogP contribution in [0.15, 0.2) is 29.5 Å². The Kier molecular flexibility index (Phi) is 2.40. The molecule has 1 aromatic heterocycles. The van der Waals surface area contributed by atoms with E-state index in [1.807, 2.05) is 12.1 Å². The van der Waals surface area contributed by atoms with E-state index in [0.29, 0.717) is 12.6 Å². The van der Waals surface area contributed by atoms with Crippen molar-refractivity contribution < 1.29 is 4.74 Å². The van der Waals surface area contributed by atoms with E-state index in [0.717, 1.165) is 18.7 Å². The Balaban J connectivity index is 1.86. The second kappa shape index (κ2) is 3.89. The summed E-state index contributed by atoms with van der Waals surface area (Å²) in [4.78, 5) is 8.10. The predicted molar refractivity (Wildman–Crippen MR) is 49.3 cm³/mol. The molecule has 0 fully saturated rings. The van der Waals surface area contributed by atoms with Crippen molar-refractivity contribution in [2.75, 3.05) is 13.1 Å². The molecule has 0 aromatic carbocycles. The number of pyridine rings is 1. The fraction of sp³-hybridized carbons (Fsp3) is 0.333. The lowest BCUT2D eigenvalue weighted by molar-refractivity contribution is 0.281. The van der Waals surface area contributed by atoms with Gasteiger partial charge in [0.05, 0.1) is 6.54 Å². The van der Waals surface area contributed by atoms with Gasteiger partial charge in [0.25, 0.3) is 6.02 Å². The van der Waals surface area contributed by atoms with Crippen LogP contribution in [0.3, 0.4) is 0 Å². The van der Waals surface area contributed by atoms with Crippen molar-refractivity contribution in [2.24, 2.45) is 4.99 Å². The highest BCUT2D eigenvalue weighted by Crippen LogP contribution is 1.99. The largest absolute Gasteiger partial charge is 0.460 e. The monoisotopic (exact) mass is 177 g/mol. The Morgan fingerprint density at radius 2 is 2.54 bits per heavy atom. The van der Waals surface area contributed by atoms with Gasteiger partial charge in [-0.3, -0.25) is 4.98 Å². The van der Waals surface area contributed by atoms with Crippen LogP contribution in [0.25, 0.3) is 0 Å². The maximum absolute atomic E-state index is 5.39. The Hall–Kier alpha value is -1.58. The quantitative estimate of drug-likeness (QED) is 0.717. The maximum atomic E-state index is 5.39. The molecule has 0 amide bonds. The van der Waals surface area contributed by atoms with Crippen LogP contribution in [0.1, 0.15) is 5.56 Å². The molecule has 2 heterocycles. The zero-order valence-corrected chi connectivity index (χ0v) is 7.23. The van der Waals surface area contributed by atoms with Crippen molar-refractivity contribution >= 4 is 6.02 Å². The van der Waals surface area contributed by atoms with Gasteiger partial charge in [0, 0.05) is 24.5 Å². The molecule has 0 bridgehead atoms. The molecule has 4 heteroatoms. The first-order valence-electron chi connectivity index (χ1n) is 4.25. The Bertz CT molecular complexity index is 297. The molecule has 0 unspecified atom stereocenters. The van der Waals surface area contributed by atoms with Crippen LogP contribution in [0.2, 0.25) is 0 Å². The van der Waals surface area contributed by atoms with Gasteiger partial charge in [0.15, 0.2) is 0 Å². The van der Waals surface area contributed by atoms with E-state index in [4.69, 9.17) is 4.74 Å². The van der Waals surface area contributed by atoms with E-state index in [2.05, 4.69) is 15.3 Å². The minimum absolute atomic E-state index is 0.527. The normalized spacial score (nSPS) is 14.9. The fourth-order valence-corrected chi connectivity index (χ4v) is 1.11. The van der Waals surface area contributed by atoms with Crippen molar-refractivity contribution in [1.29, 1.82) is 0 Å². The minimum Gasteiger partial charge on any atom is -0.460 e.